The monoisotopic (exact) mass is 608 g/mol. The van der Waals surface area contributed by atoms with Gasteiger partial charge >= 0.3 is 6.09 Å². The molecule has 3 aromatic carbocycles. The first-order chi connectivity index (χ1) is 20.0. The molecule has 2 N–H and O–H groups in total. The number of H-pyrrole nitrogens is 1. The number of hydrogen-bond donors (Lipinski definition) is 2. The molecule has 7 rings (SSSR count). The molecule has 0 aliphatic carbocycles. The topological polar surface area (TPSA) is 113 Å². The summed E-state index contributed by atoms with van der Waals surface area (Å²) in [5, 5.41) is 2.72. The number of nitrogens with one attached hydrogen (secondary N) is 2. The number of aromatic nitrogens is 4. The minimum absolute atomic E-state index is 0.157. The predicted octanol–water partition coefficient (Wildman–Crippen LogP) is 5.75. The fourth-order valence-corrected chi connectivity index (χ4v) is 6.13. The molecule has 5 aromatic rings. The van der Waals surface area contributed by atoms with Gasteiger partial charge in [-0.2, -0.15) is 0 Å². The summed E-state index contributed by atoms with van der Waals surface area (Å²) in [5.74, 6) is 0.542. The van der Waals surface area contributed by atoms with Gasteiger partial charge in [-0.1, -0.05) is 58.4 Å². The van der Waals surface area contributed by atoms with Gasteiger partial charge in [0, 0.05) is 16.5 Å². The maximum atomic E-state index is 13.8. The van der Waals surface area contributed by atoms with Crippen molar-refractivity contribution >= 4 is 44.7 Å². The lowest BCUT2D eigenvalue weighted by molar-refractivity contribution is -0.121. The number of aryl methyl sites for hydroxylation is 1. The molecule has 41 heavy (non-hydrogen) atoms. The molecule has 2 atom stereocenters. The average molecular weight is 609 g/mol. The summed E-state index contributed by atoms with van der Waals surface area (Å²) >= 11 is 3.48. The molecule has 2 amide bonds. The number of fused-ring (bicyclic) bond motifs is 1. The normalized spacial score (nSPS) is 17.8. The fraction of sp³-hybridized carbons (Fsp3) is 0.194. The Morgan fingerprint density at radius 2 is 1.83 bits per heavy atom. The van der Waals surface area contributed by atoms with E-state index in [4.69, 9.17) is 14.7 Å². The van der Waals surface area contributed by atoms with Gasteiger partial charge in [0.05, 0.1) is 53.7 Å². The Morgan fingerprint density at radius 3 is 2.66 bits per heavy atom. The van der Waals surface area contributed by atoms with E-state index >= 15 is 0 Å². The van der Waals surface area contributed by atoms with E-state index in [1.54, 1.807) is 17.3 Å². The number of imidazole rings is 1. The molecule has 4 heterocycles. The van der Waals surface area contributed by atoms with E-state index in [1.807, 2.05) is 48.5 Å². The number of anilines is 1. The van der Waals surface area contributed by atoms with E-state index in [9.17, 15) is 9.59 Å². The zero-order valence-electron chi connectivity index (χ0n) is 22.1. The number of carbonyl (C=O) groups is 2. The van der Waals surface area contributed by atoms with Gasteiger partial charge in [-0.25, -0.2) is 14.8 Å². The molecule has 2 aliphatic rings. The van der Waals surface area contributed by atoms with Crippen molar-refractivity contribution in [3.05, 3.63) is 94.5 Å². The number of rotatable bonds is 4. The third-order valence-corrected chi connectivity index (χ3v) is 8.28. The van der Waals surface area contributed by atoms with Crippen molar-refractivity contribution in [1.82, 2.24) is 25.3 Å². The van der Waals surface area contributed by atoms with Crippen molar-refractivity contribution in [2.75, 3.05) is 12.0 Å². The van der Waals surface area contributed by atoms with Crippen LogP contribution in [0.2, 0.25) is 0 Å². The molecule has 10 heteroatoms. The molecule has 1 unspecified atom stereocenters. The van der Waals surface area contributed by atoms with Crippen molar-refractivity contribution in [3.8, 4) is 22.5 Å². The van der Waals surface area contributed by atoms with Crippen LogP contribution in [-0.2, 0) is 22.4 Å². The number of para-hydroxylation sites is 1. The maximum Gasteiger partial charge on any atom is 0.407 e. The lowest BCUT2D eigenvalue weighted by atomic mass is 10.0. The van der Waals surface area contributed by atoms with Crippen LogP contribution < -0.4 is 10.2 Å². The summed E-state index contributed by atoms with van der Waals surface area (Å²) in [5.41, 5.74) is 8.38. The number of alkyl carbamates (subject to hydrolysis) is 1. The summed E-state index contributed by atoms with van der Waals surface area (Å²) in [6.45, 7) is 0. The number of carbonyl (C=O) groups excluding carboxylic acids is 2. The Balaban J connectivity index is 1.17. The minimum atomic E-state index is -0.676. The number of hydrogen-bond acceptors (Lipinski definition) is 6. The summed E-state index contributed by atoms with van der Waals surface area (Å²) in [6.07, 6.45) is 4.79. The highest BCUT2D eigenvalue weighted by Crippen LogP contribution is 2.44. The standard InChI is InChI=1S/C31H25BrN6O3/c1-41-31(40)37-23-11-9-19-3-2-4-20-13-27(38(28(19)20)30(23)39)29-34-16-26(36-29)18-7-5-17(6-8-18)25-15-33-24-14-21(32)10-12-22(24)35-25/h2-8,10,12,14-16,23,27H,9,11,13H2,1H3,(H,34,36)(H,37,40)/t23-,27?/m0/s1. The summed E-state index contributed by atoms with van der Waals surface area (Å²) in [6, 6.07) is 19.1. The van der Waals surface area contributed by atoms with E-state index in [-0.39, 0.29) is 11.9 Å². The van der Waals surface area contributed by atoms with Gasteiger partial charge in [-0.05, 0) is 47.7 Å². The number of methoxy groups -OCH3 is 1. The predicted molar refractivity (Wildman–Crippen MR) is 158 cm³/mol. The largest absolute Gasteiger partial charge is 0.453 e. The highest BCUT2D eigenvalue weighted by molar-refractivity contribution is 9.10. The van der Waals surface area contributed by atoms with Crippen LogP contribution in [0.4, 0.5) is 10.5 Å². The lowest BCUT2D eigenvalue weighted by Gasteiger charge is -2.27. The van der Waals surface area contributed by atoms with Crippen LogP contribution in [0.1, 0.15) is 29.4 Å². The average Bonchev–Trinajstić information content (AvgIpc) is 3.61. The number of halogens is 1. The molecule has 0 bridgehead atoms. The smallest absolute Gasteiger partial charge is 0.407 e. The molecular formula is C31H25BrN6O3. The first-order valence-corrected chi connectivity index (χ1v) is 14.1. The van der Waals surface area contributed by atoms with Crippen LogP contribution >= 0.6 is 15.9 Å². The lowest BCUT2D eigenvalue weighted by Crippen LogP contribution is -2.48. The van der Waals surface area contributed by atoms with Gasteiger partial charge in [0.1, 0.15) is 11.9 Å². The zero-order chi connectivity index (χ0) is 28.1. The Morgan fingerprint density at radius 1 is 1.02 bits per heavy atom. The van der Waals surface area contributed by atoms with E-state index in [0.29, 0.717) is 25.1 Å². The first kappa shape index (κ1) is 25.4. The highest BCUT2D eigenvalue weighted by Gasteiger charge is 2.42. The fourth-order valence-electron chi connectivity index (χ4n) is 5.78. The van der Waals surface area contributed by atoms with E-state index in [2.05, 4.69) is 43.3 Å². The third kappa shape index (κ3) is 4.54. The minimum Gasteiger partial charge on any atom is -0.453 e. The quantitative estimate of drug-likeness (QED) is 0.268. The Kier molecular flexibility index (Phi) is 6.27. The molecule has 0 fully saturated rings. The SMILES string of the molecule is COC(=O)N[C@H]1CCc2cccc3c2N(C1=O)C(c1ncc(-c2ccc(-c4cnc5cc(Br)ccc5n4)cc2)[nH]1)C3. The zero-order valence-corrected chi connectivity index (χ0v) is 23.7. The molecule has 0 saturated heterocycles. The van der Waals surface area contributed by atoms with Gasteiger partial charge in [0.25, 0.3) is 0 Å². The Labute approximate surface area is 244 Å². The van der Waals surface area contributed by atoms with Gasteiger partial charge in [-0.15, -0.1) is 0 Å². The molecule has 9 nitrogen and oxygen atoms in total. The van der Waals surface area contributed by atoms with Gasteiger partial charge in [-0.3, -0.25) is 14.7 Å². The van der Waals surface area contributed by atoms with E-state index in [0.717, 1.165) is 54.8 Å². The summed E-state index contributed by atoms with van der Waals surface area (Å²) in [4.78, 5) is 45.0. The Hall–Kier alpha value is -4.57. The number of aromatic amines is 1. The molecular weight excluding hydrogens is 584 g/mol. The van der Waals surface area contributed by atoms with Gasteiger partial charge in [0.15, 0.2) is 0 Å². The highest BCUT2D eigenvalue weighted by atomic mass is 79.9. The van der Waals surface area contributed by atoms with E-state index < -0.39 is 12.1 Å². The van der Waals surface area contributed by atoms with Crippen LogP contribution in [0.3, 0.4) is 0 Å². The molecule has 0 spiro atoms. The second kappa shape index (κ2) is 10.1. The van der Waals surface area contributed by atoms with E-state index in [1.165, 1.54) is 7.11 Å². The van der Waals surface area contributed by atoms with Gasteiger partial charge < -0.3 is 15.0 Å². The second-order valence-electron chi connectivity index (χ2n) is 10.2. The third-order valence-electron chi connectivity index (χ3n) is 7.79. The van der Waals surface area contributed by atoms with Crippen LogP contribution in [0.5, 0.6) is 0 Å². The number of benzene rings is 3. The summed E-state index contributed by atoms with van der Waals surface area (Å²) < 4.78 is 5.74. The first-order valence-electron chi connectivity index (χ1n) is 13.3. The molecule has 0 saturated carbocycles. The van der Waals surface area contributed by atoms with Crippen LogP contribution in [0.15, 0.2) is 77.5 Å². The molecule has 204 valence electrons. The van der Waals surface area contributed by atoms with Crippen molar-refractivity contribution in [2.24, 2.45) is 0 Å². The van der Waals surface area contributed by atoms with Crippen LogP contribution in [0.25, 0.3) is 33.5 Å². The number of nitrogens with zero attached hydrogens (tertiary/aromatic N) is 4. The maximum absolute atomic E-state index is 13.8. The van der Waals surface area contributed by atoms with Crippen LogP contribution in [0, 0.1) is 0 Å². The number of ether oxygens (including phenoxy) is 1. The second-order valence-corrected chi connectivity index (χ2v) is 11.1. The molecule has 0 radical (unpaired) electrons. The van der Waals surface area contributed by atoms with Crippen molar-refractivity contribution < 1.29 is 14.3 Å². The molecule has 2 aromatic heterocycles. The van der Waals surface area contributed by atoms with Crippen molar-refractivity contribution in [1.29, 1.82) is 0 Å². The van der Waals surface area contributed by atoms with Crippen molar-refractivity contribution in [3.63, 3.8) is 0 Å². The van der Waals surface area contributed by atoms with Gasteiger partial charge in [0.2, 0.25) is 5.91 Å². The number of amides is 2. The molecule has 2 aliphatic heterocycles. The Bertz CT molecular complexity index is 1820. The van der Waals surface area contributed by atoms with Crippen LogP contribution in [-0.4, -0.2) is 45.1 Å². The summed E-state index contributed by atoms with van der Waals surface area (Å²) in [7, 11) is 1.30. The van der Waals surface area contributed by atoms with Crippen molar-refractivity contribution in [2.45, 2.75) is 31.3 Å².